The molecule has 1 aromatic rings. The second-order valence-electron chi connectivity index (χ2n) is 6.46. The smallest absolute Gasteiger partial charge is 0.378 e. The molecule has 0 radical (unpaired) electrons. The monoisotopic (exact) mass is 374 g/mol. The fraction of sp³-hybridized carbons (Fsp3) is 0.647. The molecular weight excluding hydrogens is 349 g/mol. The van der Waals surface area contributed by atoms with Crippen LogP contribution in [0.3, 0.4) is 0 Å². The van der Waals surface area contributed by atoms with E-state index in [4.69, 9.17) is 4.74 Å². The van der Waals surface area contributed by atoms with Crippen LogP contribution in [0.5, 0.6) is 0 Å². The van der Waals surface area contributed by atoms with Crippen molar-refractivity contribution in [3.05, 3.63) is 17.2 Å². The summed E-state index contributed by atoms with van der Waals surface area (Å²) in [5, 5.41) is 2.57. The van der Waals surface area contributed by atoms with E-state index in [2.05, 4.69) is 15.2 Å². The number of morpholine rings is 1. The van der Waals surface area contributed by atoms with Crippen molar-refractivity contribution in [2.24, 2.45) is 0 Å². The summed E-state index contributed by atoms with van der Waals surface area (Å²) in [6.07, 6.45) is -5.28. The molecule has 1 N–H and O–H groups in total. The van der Waals surface area contributed by atoms with Crippen molar-refractivity contribution in [2.75, 3.05) is 56.7 Å². The molecule has 0 aromatic carbocycles. The molecule has 0 spiro atoms. The highest BCUT2D eigenvalue weighted by Crippen LogP contribution is 2.26. The third kappa shape index (κ3) is 5.48. The van der Waals surface area contributed by atoms with Gasteiger partial charge in [-0.15, -0.1) is 0 Å². The minimum absolute atomic E-state index is 0.0319. The topological polar surface area (TPSA) is 57.7 Å². The molecule has 0 saturated carbocycles. The van der Waals surface area contributed by atoms with Gasteiger partial charge in [-0.05, 0) is 25.0 Å². The Hall–Kier alpha value is -2.03. The molecule has 1 saturated heterocycles. The lowest BCUT2D eigenvalue weighted by molar-refractivity contribution is -0.135. The van der Waals surface area contributed by atoms with E-state index in [0.717, 1.165) is 24.5 Å². The van der Waals surface area contributed by atoms with Crippen LogP contribution in [-0.2, 0) is 4.74 Å². The largest absolute Gasteiger partial charge is 0.389 e. The highest BCUT2D eigenvalue weighted by molar-refractivity contribution is 6.00. The molecule has 146 valence electrons. The predicted molar refractivity (Wildman–Crippen MR) is 94.0 cm³/mol. The lowest BCUT2D eigenvalue weighted by atomic mass is 10.1. The average Bonchev–Trinajstić information content (AvgIpc) is 2.57. The number of nitrogens with one attached hydrogen (secondary N) is 1. The number of aryl methyl sites for hydroxylation is 1. The number of carbonyl (C=O) groups is 1. The summed E-state index contributed by atoms with van der Waals surface area (Å²) in [5.41, 5.74) is 1.12. The van der Waals surface area contributed by atoms with Gasteiger partial charge in [-0.1, -0.05) is 0 Å². The number of amides is 1. The summed E-state index contributed by atoms with van der Waals surface area (Å²) in [7, 11) is 3.57. The highest BCUT2D eigenvalue weighted by Gasteiger charge is 2.26. The van der Waals surface area contributed by atoms with Gasteiger partial charge >= 0.3 is 6.18 Å². The first-order valence-electron chi connectivity index (χ1n) is 8.55. The summed E-state index contributed by atoms with van der Waals surface area (Å²) >= 11 is 0. The maximum absolute atomic E-state index is 12.5. The maximum atomic E-state index is 12.5. The first-order chi connectivity index (χ1) is 12.2. The molecule has 1 fully saturated rings. The van der Waals surface area contributed by atoms with E-state index in [-0.39, 0.29) is 13.0 Å². The Morgan fingerprint density at radius 2 is 2.00 bits per heavy atom. The van der Waals surface area contributed by atoms with Gasteiger partial charge in [-0.3, -0.25) is 4.79 Å². The molecule has 2 heterocycles. The van der Waals surface area contributed by atoms with Gasteiger partial charge in [0.15, 0.2) is 0 Å². The van der Waals surface area contributed by atoms with Crippen LogP contribution in [-0.4, -0.2) is 64.0 Å². The fourth-order valence-corrected chi connectivity index (χ4v) is 2.78. The van der Waals surface area contributed by atoms with E-state index >= 15 is 0 Å². The lowest BCUT2D eigenvalue weighted by Gasteiger charge is -2.29. The normalized spacial score (nSPS) is 15.1. The molecule has 0 bridgehead atoms. The van der Waals surface area contributed by atoms with E-state index in [0.29, 0.717) is 24.6 Å². The van der Waals surface area contributed by atoms with Crippen LogP contribution in [0.15, 0.2) is 6.07 Å². The Kier molecular flexibility index (Phi) is 6.69. The molecule has 26 heavy (non-hydrogen) atoms. The maximum Gasteiger partial charge on any atom is 0.389 e. The van der Waals surface area contributed by atoms with Gasteiger partial charge in [0.1, 0.15) is 11.6 Å². The van der Waals surface area contributed by atoms with Crippen molar-refractivity contribution >= 4 is 17.5 Å². The second kappa shape index (κ2) is 8.57. The average molecular weight is 374 g/mol. The molecule has 1 aliphatic rings. The van der Waals surface area contributed by atoms with Gasteiger partial charge in [0.25, 0.3) is 5.91 Å². The van der Waals surface area contributed by atoms with Crippen LogP contribution in [0.4, 0.5) is 24.8 Å². The lowest BCUT2D eigenvalue weighted by Crippen LogP contribution is -2.37. The Bertz CT molecular complexity index is 629. The van der Waals surface area contributed by atoms with Gasteiger partial charge in [0.05, 0.1) is 18.8 Å². The number of hydrogen-bond donors (Lipinski definition) is 1. The van der Waals surface area contributed by atoms with E-state index in [1.54, 1.807) is 19.0 Å². The third-order valence-corrected chi connectivity index (χ3v) is 4.09. The minimum Gasteiger partial charge on any atom is -0.378 e. The first-order valence-corrected chi connectivity index (χ1v) is 8.55. The number of nitrogens with zero attached hydrogens (tertiary/aromatic N) is 3. The second-order valence-corrected chi connectivity index (χ2v) is 6.46. The predicted octanol–water partition coefficient (Wildman–Crippen LogP) is 2.36. The Morgan fingerprint density at radius 1 is 1.35 bits per heavy atom. The summed E-state index contributed by atoms with van der Waals surface area (Å²) in [6, 6.07) is 1.84. The van der Waals surface area contributed by atoms with Crippen LogP contribution in [0.25, 0.3) is 0 Å². The van der Waals surface area contributed by atoms with Crippen molar-refractivity contribution in [1.82, 2.24) is 10.3 Å². The minimum atomic E-state index is -4.21. The zero-order valence-corrected chi connectivity index (χ0v) is 15.3. The third-order valence-electron chi connectivity index (χ3n) is 4.09. The molecule has 0 unspecified atom stereocenters. The summed E-state index contributed by atoms with van der Waals surface area (Å²) in [5.74, 6) is 0.859. The van der Waals surface area contributed by atoms with Crippen LogP contribution < -0.4 is 15.1 Å². The summed E-state index contributed by atoms with van der Waals surface area (Å²) in [4.78, 5) is 20.9. The zero-order valence-electron chi connectivity index (χ0n) is 15.3. The molecular formula is C17H25F3N4O2. The number of carbonyl (C=O) groups excluding carboxylic acids is 1. The summed E-state index contributed by atoms with van der Waals surface area (Å²) < 4.78 is 42.0. The number of hydrogen-bond acceptors (Lipinski definition) is 5. The van der Waals surface area contributed by atoms with Crippen LogP contribution in [0.1, 0.15) is 28.8 Å². The van der Waals surface area contributed by atoms with Gasteiger partial charge < -0.3 is 19.9 Å². The number of anilines is 2. The van der Waals surface area contributed by atoms with Crippen molar-refractivity contribution in [1.29, 1.82) is 0 Å². The van der Waals surface area contributed by atoms with Crippen LogP contribution in [0.2, 0.25) is 0 Å². The van der Waals surface area contributed by atoms with Crippen molar-refractivity contribution in [3.8, 4) is 0 Å². The van der Waals surface area contributed by atoms with Gasteiger partial charge in [0.2, 0.25) is 0 Å². The van der Waals surface area contributed by atoms with Gasteiger partial charge in [0, 0.05) is 40.2 Å². The number of ether oxygens (including phenoxy) is 1. The quantitative estimate of drug-likeness (QED) is 0.775. The van der Waals surface area contributed by atoms with Crippen LogP contribution in [0, 0.1) is 6.92 Å². The number of pyridine rings is 1. The van der Waals surface area contributed by atoms with Crippen molar-refractivity contribution in [2.45, 2.75) is 25.9 Å². The van der Waals surface area contributed by atoms with Gasteiger partial charge in [-0.25, -0.2) is 4.98 Å². The Balaban J connectivity index is 2.14. The first kappa shape index (κ1) is 20.3. The highest BCUT2D eigenvalue weighted by atomic mass is 19.4. The molecule has 9 heteroatoms. The standard InChI is InChI=1S/C17H25F3N4O2/c1-12-11-13(24-7-9-26-10-8-24)22-15(23(2)3)14(12)16(25)21-6-4-5-17(18,19)20/h11H,4-10H2,1-3H3,(H,21,25). The Morgan fingerprint density at radius 3 is 2.58 bits per heavy atom. The van der Waals surface area contributed by atoms with Crippen molar-refractivity contribution < 1.29 is 22.7 Å². The molecule has 6 nitrogen and oxygen atoms in total. The number of alkyl halides is 3. The molecule has 1 aromatic heterocycles. The van der Waals surface area contributed by atoms with E-state index in [1.165, 1.54) is 0 Å². The molecule has 1 aliphatic heterocycles. The number of aromatic nitrogens is 1. The molecule has 2 rings (SSSR count). The molecule has 0 aliphatic carbocycles. The Labute approximate surface area is 151 Å². The van der Waals surface area contributed by atoms with Gasteiger partial charge in [-0.2, -0.15) is 13.2 Å². The van der Waals surface area contributed by atoms with Crippen molar-refractivity contribution in [3.63, 3.8) is 0 Å². The SMILES string of the molecule is Cc1cc(N2CCOCC2)nc(N(C)C)c1C(=O)NCCCC(F)(F)F. The zero-order chi connectivity index (χ0) is 19.3. The number of halogens is 3. The summed E-state index contributed by atoms with van der Waals surface area (Å²) in [6.45, 7) is 4.47. The molecule has 1 amide bonds. The van der Waals surface area contributed by atoms with E-state index in [9.17, 15) is 18.0 Å². The molecule has 0 atom stereocenters. The van der Waals surface area contributed by atoms with E-state index in [1.807, 2.05) is 13.0 Å². The fourth-order valence-electron chi connectivity index (χ4n) is 2.78. The number of rotatable bonds is 6. The van der Waals surface area contributed by atoms with E-state index < -0.39 is 18.5 Å². The van der Waals surface area contributed by atoms with Crippen LogP contribution >= 0.6 is 0 Å².